The van der Waals surface area contributed by atoms with Gasteiger partial charge in [-0.1, -0.05) is 80.8 Å². The van der Waals surface area contributed by atoms with E-state index in [0.717, 1.165) is 60.2 Å². The molecule has 0 aliphatic carbocycles. The van der Waals surface area contributed by atoms with Crippen LogP contribution < -0.4 is 56.5 Å². The fourth-order valence-electron chi connectivity index (χ4n) is 4.06. The smallest absolute Gasteiger partial charge is 0.390 e. The number of rotatable bonds is 10. The Labute approximate surface area is 247 Å². The molecule has 0 bridgehead atoms. The van der Waals surface area contributed by atoms with Crippen molar-refractivity contribution in [1.82, 2.24) is 30.2 Å². The minimum Gasteiger partial charge on any atom is -0.390 e. The van der Waals surface area contributed by atoms with E-state index in [1.807, 2.05) is 10.6 Å². The van der Waals surface area contributed by atoms with Crippen LogP contribution in [0, 0.1) is 0 Å². The van der Waals surface area contributed by atoms with E-state index in [9.17, 15) is 5.11 Å². The van der Waals surface area contributed by atoms with Crippen molar-refractivity contribution in [3.8, 4) is 22.5 Å². The maximum absolute atomic E-state index is 9.83. The molecule has 2 aromatic carbocycles. The van der Waals surface area contributed by atoms with Gasteiger partial charge in [0, 0.05) is 18.8 Å². The van der Waals surface area contributed by atoms with Gasteiger partial charge in [-0.3, -0.25) is 10.3 Å². The number of aryl methyl sites for hydroxylation is 2. The summed E-state index contributed by atoms with van der Waals surface area (Å²) in [6.45, 7) is 4.80. The summed E-state index contributed by atoms with van der Waals surface area (Å²) in [7, 11) is 0. The molecule has 0 fully saturated rings. The van der Waals surface area contributed by atoms with Gasteiger partial charge >= 0.3 is 51.4 Å². The van der Waals surface area contributed by atoms with E-state index >= 15 is 0 Å². The summed E-state index contributed by atoms with van der Waals surface area (Å²) in [6, 6.07) is 14.8. The van der Waals surface area contributed by atoms with E-state index in [4.69, 9.17) is 11.6 Å². The summed E-state index contributed by atoms with van der Waals surface area (Å²) >= 11 is 6.29. The topological polar surface area (TPSA) is 90.8 Å². The molecular formula is C25H28ClKN6O. The molecule has 7 nitrogen and oxygen atoms in total. The first kappa shape index (κ1) is 27.2. The van der Waals surface area contributed by atoms with E-state index in [1.165, 1.54) is 5.56 Å². The zero-order valence-corrected chi connectivity index (χ0v) is 23.9. The van der Waals surface area contributed by atoms with Crippen LogP contribution in [0.2, 0.25) is 5.15 Å². The van der Waals surface area contributed by atoms with Crippen LogP contribution in [0.3, 0.4) is 0 Å². The molecule has 4 rings (SSSR count). The number of unbranched alkanes of at least 4 members (excludes halogenated alkanes) is 1. The zero-order chi connectivity index (χ0) is 23.2. The molecule has 0 atom stereocenters. The van der Waals surface area contributed by atoms with Gasteiger partial charge in [0.05, 0.1) is 12.3 Å². The first-order valence-electron chi connectivity index (χ1n) is 11.4. The first-order valence-corrected chi connectivity index (χ1v) is 11.8. The third-order valence-corrected chi connectivity index (χ3v) is 6.10. The summed E-state index contributed by atoms with van der Waals surface area (Å²) in [5.41, 5.74) is 6.10. The number of imidazole rings is 1. The number of tetrazole rings is 1. The fraction of sp³-hybridized carbons (Fsp3) is 0.360. The number of aliphatic hydroxyl groups is 1. The van der Waals surface area contributed by atoms with Gasteiger partial charge in [0.1, 0.15) is 5.82 Å². The summed E-state index contributed by atoms with van der Waals surface area (Å²) in [6.07, 6.45) is 5.03. The Morgan fingerprint density at radius 2 is 1.74 bits per heavy atom. The van der Waals surface area contributed by atoms with Crippen molar-refractivity contribution in [2.24, 2.45) is 0 Å². The number of hydrogen-bond acceptors (Lipinski definition) is 5. The zero-order valence-electron chi connectivity index (χ0n) is 20.0. The van der Waals surface area contributed by atoms with Crippen molar-refractivity contribution < 1.29 is 56.5 Å². The van der Waals surface area contributed by atoms with Gasteiger partial charge in [-0.2, -0.15) is 5.21 Å². The van der Waals surface area contributed by atoms with Gasteiger partial charge in [-0.25, -0.2) is 4.98 Å². The molecule has 0 saturated heterocycles. The Kier molecular flexibility index (Phi) is 10.5. The summed E-state index contributed by atoms with van der Waals surface area (Å²) in [5.74, 6) is 1.44. The molecule has 0 unspecified atom stereocenters. The predicted octanol–water partition coefficient (Wildman–Crippen LogP) is 1.85. The molecule has 1 N–H and O–H groups in total. The fourth-order valence-corrected chi connectivity index (χ4v) is 4.32. The Morgan fingerprint density at radius 1 is 0.971 bits per heavy atom. The molecule has 0 radical (unpaired) electrons. The van der Waals surface area contributed by atoms with Crippen LogP contribution in [0.15, 0.2) is 42.5 Å². The van der Waals surface area contributed by atoms with Crippen molar-refractivity contribution in [2.75, 3.05) is 0 Å². The molecule has 0 spiro atoms. The molecule has 9 heteroatoms. The Balaban J connectivity index is 0.00000324. The van der Waals surface area contributed by atoms with Gasteiger partial charge in [0.2, 0.25) is 0 Å². The maximum Gasteiger partial charge on any atom is 1.00 e. The number of nitrogens with zero attached hydrogens (tertiary/aromatic N) is 6. The standard InChI is InChI=1S/C25H28ClN6O.K/c1-3-5-7-23-27-24(26)22(16-33)32(23)15-18-8-11-19(12-9-18)21-14-17(6-4-2)10-13-20(21)25-28-30-31-29-25;/h8-14,33H,3-7,15-16H2,1-2H3;/q-1;+1. The Morgan fingerprint density at radius 3 is 2.38 bits per heavy atom. The Hall–Kier alpha value is -1.39. The number of halogens is 1. The number of benzene rings is 2. The molecule has 2 aromatic heterocycles. The number of hydrogen-bond donors (Lipinski definition) is 1. The van der Waals surface area contributed by atoms with E-state index in [-0.39, 0.29) is 58.0 Å². The van der Waals surface area contributed by atoms with E-state index in [1.54, 1.807) is 0 Å². The monoisotopic (exact) mass is 502 g/mol. The molecule has 0 saturated carbocycles. The van der Waals surface area contributed by atoms with Crippen LogP contribution in [0.25, 0.3) is 22.5 Å². The predicted molar refractivity (Wildman–Crippen MR) is 129 cm³/mol. The maximum atomic E-state index is 9.83. The number of aromatic nitrogens is 6. The summed E-state index contributed by atoms with van der Waals surface area (Å²) in [5, 5.41) is 25.6. The molecule has 172 valence electrons. The Bertz CT molecular complexity index is 1190. The molecule has 0 aliphatic heterocycles. The SMILES string of the molecule is CCCCc1nc(Cl)c(CO)n1Cc1ccc(-c2cc(CCC)ccc2-c2nnn[n-]2)cc1.[K+]. The molecule has 4 aromatic rings. The molecule has 34 heavy (non-hydrogen) atoms. The molecule has 2 heterocycles. The first-order chi connectivity index (χ1) is 16.1. The van der Waals surface area contributed by atoms with E-state index in [2.05, 4.69) is 75.9 Å². The average molecular weight is 503 g/mol. The van der Waals surface area contributed by atoms with Gasteiger partial charge in [-0.05, 0) is 40.7 Å². The molecule has 0 aliphatic rings. The van der Waals surface area contributed by atoms with Crippen LogP contribution in [0.5, 0.6) is 0 Å². The van der Waals surface area contributed by atoms with Gasteiger partial charge < -0.3 is 14.8 Å². The van der Waals surface area contributed by atoms with Crippen LogP contribution in [-0.2, 0) is 26.0 Å². The molecular weight excluding hydrogens is 475 g/mol. The minimum absolute atomic E-state index is 0. The summed E-state index contributed by atoms with van der Waals surface area (Å²) < 4.78 is 2.04. The van der Waals surface area contributed by atoms with Crippen molar-refractivity contribution in [3.63, 3.8) is 0 Å². The third-order valence-electron chi connectivity index (χ3n) is 5.79. The van der Waals surface area contributed by atoms with Gasteiger partial charge in [0.25, 0.3) is 0 Å². The van der Waals surface area contributed by atoms with Gasteiger partial charge in [0.15, 0.2) is 5.15 Å². The van der Waals surface area contributed by atoms with E-state index in [0.29, 0.717) is 23.2 Å². The molecule has 0 amide bonds. The van der Waals surface area contributed by atoms with Crippen molar-refractivity contribution in [3.05, 3.63) is 70.3 Å². The van der Waals surface area contributed by atoms with E-state index < -0.39 is 0 Å². The largest absolute Gasteiger partial charge is 1.00 e. The van der Waals surface area contributed by atoms with Crippen LogP contribution in [0.1, 0.15) is 55.8 Å². The quantitative estimate of drug-likeness (QED) is 0.333. The second kappa shape index (κ2) is 13.1. The third kappa shape index (κ3) is 6.23. The second-order valence-corrected chi connectivity index (χ2v) is 8.50. The van der Waals surface area contributed by atoms with Crippen molar-refractivity contribution in [2.45, 2.75) is 59.1 Å². The normalized spacial score (nSPS) is 10.9. The number of aliphatic hydroxyl groups excluding tert-OH is 1. The van der Waals surface area contributed by atoms with Crippen LogP contribution in [0.4, 0.5) is 0 Å². The minimum atomic E-state index is -0.134. The van der Waals surface area contributed by atoms with Crippen molar-refractivity contribution in [1.29, 1.82) is 0 Å². The second-order valence-electron chi connectivity index (χ2n) is 8.14. The summed E-state index contributed by atoms with van der Waals surface area (Å²) in [4.78, 5) is 4.49. The van der Waals surface area contributed by atoms with Crippen LogP contribution >= 0.6 is 11.6 Å². The van der Waals surface area contributed by atoms with Crippen LogP contribution in [-0.4, -0.2) is 30.2 Å². The van der Waals surface area contributed by atoms with Crippen molar-refractivity contribution >= 4 is 11.6 Å². The van der Waals surface area contributed by atoms with Gasteiger partial charge in [-0.15, -0.1) is 0 Å². The average Bonchev–Trinajstić information content (AvgIpc) is 3.46.